The molecule has 0 bridgehead atoms. The largest absolute Gasteiger partial charge is 0.393 e. The Kier molecular flexibility index (Phi) is 4.10. The van der Waals surface area contributed by atoms with Crippen molar-refractivity contribution in [3.05, 3.63) is 24.4 Å². The Balaban J connectivity index is 2.32. The van der Waals surface area contributed by atoms with Crippen LogP contribution in [-0.2, 0) is 0 Å². The first-order valence-electron chi connectivity index (χ1n) is 7.67. The highest BCUT2D eigenvalue weighted by Gasteiger charge is 2.48. The molecule has 1 aliphatic heterocycles. The zero-order valence-corrected chi connectivity index (χ0v) is 12.8. The molecule has 0 aromatic carbocycles. The fourth-order valence-corrected chi connectivity index (χ4v) is 4.14. The molecule has 2 rings (SSSR count). The van der Waals surface area contributed by atoms with Crippen LogP contribution >= 0.6 is 0 Å². The molecular weight excluding hydrogens is 234 g/mol. The molecule has 1 heterocycles. The molecule has 2 fully saturated rings. The zero-order valence-electron chi connectivity index (χ0n) is 12.8. The van der Waals surface area contributed by atoms with Gasteiger partial charge in [-0.15, -0.1) is 0 Å². The first-order valence-corrected chi connectivity index (χ1v) is 7.67. The SMILES string of the molecule is C=C(C)C=CN1C(C)(C)CC(O)CC12CCCCC2. The number of allylic oxidation sites excluding steroid dienone is 2. The molecule has 0 radical (unpaired) electrons. The van der Waals surface area contributed by atoms with E-state index in [1.165, 1.54) is 32.1 Å². The van der Waals surface area contributed by atoms with E-state index in [2.05, 4.69) is 37.6 Å². The van der Waals surface area contributed by atoms with Crippen molar-refractivity contribution in [2.45, 2.75) is 82.9 Å². The number of aliphatic hydroxyl groups excluding tert-OH is 1. The minimum atomic E-state index is -0.150. The average Bonchev–Trinajstić information content (AvgIpc) is 2.26. The van der Waals surface area contributed by atoms with Gasteiger partial charge < -0.3 is 10.0 Å². The molecule has 2 aliphatic rings. The van der Waals surface area contributed by atoms with Crippen LogP contribution in [0.2, 0.25) is 0 Å². The predicted molar refractivity (Wildman–Crippen MR) is 80.9 cm³/mol. The first-order chi connectivity index (χ1) is 8.86. The van der Waals surface area contributed by atoms with Crippen molar-refractivity contribution >= 4 is 0 Å². The van der Waals surface area contributed by atoms with E-state index < -0.39 is 0 Å². The number of hydrogen-bond donors (Lipinski definition) is 1. The average molecular weight is 263 g/mol. The third-order valence-corrected chi connectivity index (χ3v) is 4.81. The van der Waals surface area contributed by atoms with Crippen molar-refractivity contribution < 1.29 is 5.11 Å². The second-order valence-corrected chi connectivity index (χ2v) is 7.19. The van der Waals surface area contributed by atoms with Gasteiger partial charge in [0.05, 0.1) is 6.10 Å². The fraction of sp³-hybridized carbons (Fsp3) is 0.765. The van der Waals surface area contributed by atoms with Crippen LogP contribution in [0.15, 0.2) is 24.4 Å². The molecular formula is C17H29NO. The fourth-order valence-electron chi connectivity index (χ4n) is 4.14. The van der Waals surface area contributed by atoms with Gasteiger partial charge in [-0.25, -0.2) is 0 Å². The molecule has 1 saturated heterocycles. The second kappa shape index (κ2) is 5.32. The summed E-state index contributed by atoms with van der Waals surface area (Å²) >= 11 is 0. The quantitative estimate of drug-likeness (QED) is 0.761. The third-order valence-electron chi connectivity index (χ3n) is 4.81. The summed E-state index contributed by atoms with van der Waals surface area (Å²) in [6, 6.07) is 0. The van der Waals surface area contributed by atoms with Crippen LogP contribution in [0.4, 0.5) is 0 Å². The molecule has 1 atom stereocenters. The van der Waals surface area contributed by atoms with Gasteiger partial charge in [0.15, 0.2) is 0 Å². The first kappa shape index (κ1) is 14.6. The van der Waals surface area contributed by atoms with E-state index in [1.807, 2.05) is 6.92 Å². The highest BCUT2D eigenvalue weighted by molar-refractivity contribution is 5.16. The lowest BCUT2D eigenvalue weighted by molar-refractivity contribution is -0.0819. The highest BCUT2D eigenvalue weighted by Crippen LogP contribution is 2.46. The Bertz CT molecular complexity index is 363. The van der Waals surface area contributed by atoms with Gasteiger partial charge >= 0.3 is 0 Å². The molecule has 0 amide bonds. The lowest BCUT2D eigenvalue weighted by Gasteiger charge is -2.58. The summed E-state index contributed by atoms with van der Waals surface area (Å²) in [5, 5.41) is 10.3. The molecule has 1 N–H and O–H groups in total. The summed E-state index contributed by atoms with van der Waals surface area (Å²) in [7, 11) is 0. The molecule has 0 aromatic rings. The molecule has 2 nitrogen and oxygen atoms in total. The van der Waals surface area contributed by atoms with Gasteiger partial charge in [-0.1, -0.05) is 31.4 Å². The zero-order chi connectivity index (χ0) is 14.1. The monoisotopic (exact) mass is 263 g/mol. The number of aliphatic hydroxyl groups is 1. The topological polar surface area (TPSA) is 23.5 Å². The van der Waals surface area contributed by atoms with Crippen molar-refractivity contribution in [1.82, 2.24) is 4.90 Å². The number of likely N-dealkylation sites (tertiary alicyclic amines) is 1. The van der Waals surface area contributed by atoms with E-state index in [4.69, 9.17) is 0 Å². The maximum absolute atomic E-state index is 10.3. The Morgan fingerprint density at radius 3 is 2.42 bits per heavy atom. The Morgan fingerprint density at radius 1 is 1.21 bits per heavy atom. The van der Waals surface area contributed by atoms with Gasteiger partial charge in [0, 0.05) is 17.3 Å². The van der Waals surface area contributed by atoms with E-state index in [0.29, 0.717) is 0 Å². The van der Waals surface area contributed by atoms with Crippen LogP contribution in [0.3, 0.4) is 0 Å². The van der Waals surface area contributed by atoms with Crippen molar-refractivity contribution in [3.8, 4) is 0 Å². The molecule has 2 heteroatoms. The minimum Gasteiger partial charge on any atom is -0.393 e. The van der Waals surface area contributed by atoms with Gasteiger partial charge in [-0.05, 0) is 52.5 Å². The van der Waals surface area contributed by atoms with Gasteiger partial charge in [-0.3, -0.25) is 0 Å². The van der Waals surface area contributed by atoms with Gasteiger partial charge in [0.2, 0.25) is 0 Å². The van der Waals surface area contributed by atoms with Crippen molar-refractivity contribution in [1.29, 1.82) is 0 Å². The molecule has 0 aromatic heterocycles. The molecule has 1 spiro atoms. The molecule has 19 heavy (non-hydrogen) atoms. The summed E-state index contributed by atoms with van der Waals surface area (Å²) in [6.07, 6.45) is 12.3. The van der Waals surface area contributed by atoms with E-state index in [9.17, 15) is 5.11 Å². The lowest BCUT2D eigenvalue weighted by Crippen LogP contribution is -2.62. The normalized spacial score (nSPS) is 29.9. The summed E-state index contributed by atoms with van der Waals surface area (Å²) in [5.74, 6) is 0. The van der Waals surface area contributed by atoms with Crippen LogP contribution in [0, 0.1) is 0 Å². The van der Waals surface area contributed by atoms with Crippen molar-refractivity contribution in [3.63, 3.8) is 0 Å². The summed E-state index contributed by atoms with van der Waals surface area (Å²) in [5.41, 5.74) is 1.29. The lowest BCUT2D eigenvalue weighted by atomic mass is 9.69. The Morgan fingerprint density at radius 2 is 1.84 bits per heavy atom. The number of rotatable bonds is 2. The second-order valence-electron chi connectivity index (χ2n) is 7.19. The molecule has 1 unspecified atom stereocenters. The Hall–Kier alpha value is -0.760. The minimum absolute atomic E-state index is 0.0287. The number of piperidine rings is 1. The maximum atomic E-state index is 10.3. The van der Waals surface area contributed by atoms with E-state index in [0.717, 1.165) is 18.4 Å². The summed E-state index contributed by atoms with van der Waals surface area (Å²) < 4.78 is 0. The Labute approximate surface area is 118 Å². The third kappa shape index (κ3) is 3.05. The van der Waals surface area contributed by atoms with Crippen LogP contribution in [0.25, 0.3) is 0 Å². The predicted octanol–water partition coefficient (Wildman–Crippen LogP) is 4.01. The standard InChI is InChI=1S/C17H29NO/c1-14(2)8-11-18-16(3,4)12-15(19)13-17(18)9-6-5-7-10-17/h8,11,15,19H,1,5-7,9-10,12-13H2,2-4H3. The van der Waals surface area contributed by atoms with Gasteiger partial charge in [-0.2, -0.15) is 0 Å². The van der Waals surface area contributed by atoms with Crippen molar-refractivity contribution in [2.24, 2.45) is 0 Å². The van der Waals surface area contributed by atoms with Crippen LogP contribution in [-0.4, -0.2) is 27.2 Å². The maximum Gasteiger partial charge on any atom is 0.0584 e. The van der Waals surface area contributed by atoms with E-state index >= 15 is 0 Å². The van der Waals surface area contributed by atoms with E-state index in [-0.39, 0.29) is 17.2 Å². The smallest absolute Gasteiger partial charge is 0.0584 e. The van der Waals surface area contributed by atoms with Gasteiger partial charge in [0.1, 0.15) is 0 Å². The number of hydrogen-bond acceptors (Lipinski definition) is 2. The van der Waals surface area contributed by atoms with Crippen LogP contribution in [0.1, 0.15) is 65.7 Å². The van der Waals surface area contributed by atoms with Crippen LogP contribution < -0.4 is 0 Å². The van der Waals surface area contributed by atoms with Crippen molar-refractivity contribution in [2.75, 3.05) is 0 Å². The van der Waals surface area contributed by atoms with Crippen LogP contribution in [0.5, 0.6) is 0 Å². The summed E-state index contributed by atoms with van der Waals surface area (Å²) in [4.78, 5) is 2.54. The van der Waals surface area contributed by atoms with E-state index in [1.54, 1.807) is 0 Å². The van der Waals surface area contributed by atoms with Gasteiger partial charge in [0.25, 0.3) is 0 Å². The highest BCUT2D eigenvalue weighted by atomic mass is 16.3. The summed E-state index contributed by atoms with van der Waals surface area (Å²) in [6.45, 7) is 10.5. The molecule has 1 saturated carbocycles. The molecule has 108 valence electrons. The number of nitrogens with zero attached hydrogens (tertiary/aromatic N) is 1. The molecule has 1 aliphatic carbocycles.